The highest BCUT2D eigenvalue weighted by atomic mass is 35.5. The first-order valence-corrected chi connectivity index (χ1v) is 10.1. The molecule has 2 aromatic carbocycles. The fourth-order valence-corrected chi connectivity index (χ4v) is 3.94. The van der Waals surface area contributed by atoms with Crippen molar-refractivity contribution in [3.05, 3.63) is 46.4 Å². The van der Waals surface area contributed by atoms with E-state index in [0.717, 1.165) is 4.90 Å². The maximum atomic E-state index is 12.6. The van der Waals surface area contributed by atoms with Crippen LogP contribution in [0.5, 0.6) is 0 Å². The van der Waals surface area contributed by atoms with Crippen molar-refractivity contribution in [3.8, 4) is 0 Å². The van der Waals surface area contributed by atoms with Gasteiger partial charge in [-0.15, -0.1) is 11.8 Å². The van der Waals surface area contributed by atoms with Gasteiger partial charge < -0.3 is 5.32 Å². The number of anilines is 2. The largest absolute Gasteiger partial charge is 0.325 e. The van der Waals surface area contributed by atoms with Gasteiger partial charge in [-0.25, -0.2) is 8.42 Å². The number of thioether (sulfide) groups is 1. The first-order chi connectivity index (χ1) is 11.2. The molecule has 0 aliphatic carbocycles. The number of sulfonamides is 1. The second-order valence-corrected chi connectivity index (χ2v) is 8.15. The van der Waals surface area contributed by atoms with E-state index in [-0.39, 0.29) is 21.5 Å². The molecule has 1 amide bonds. The van der Waals surface area contributed by atoms with E-state index in [1.54, 1.807) is 12.1 Å². The summed E-state index contributed by atoms with van der Waals surface area (Å²) in [5.41, 5.74) is 0.606. The number of hydrogen-bond acceptors (Lipinski definition) is 4. The fraction of sp³-hybridized carbons (Fsp3) is 0.133. The molecule has 0 heterocycles. The molecule has 5 nitrogen and oxygen atoms in total. The molecule has 2 aromatic rings. The maximum absolute atomic E-state index is 12.6. The van der Waals surface area contributed by atoms with Crippen molar-refractivity contribution in [2.45, 2.75) is 16.7 Å². The summed E-state index contributed by atoms with van der Waals surface area (Å²) in [6.07, 6.45) is 1.83. The minimum Gasteiger partial charge on any atom is -0.325 e. The van der Waals surface area contributed by atoms with Crippen LogP contribution in [0.3, 0.4) is 0 Å². The monoisotopic (exact) mass is 404 g/mol. The molecule has 0 fully saturated rings. The van der Waals surface area contributed by atoms with Crippen molar-refractivity contribution in [2.24, 2.45) is 0 Å². The summed E-state index contributed by atoms with van der Waals surface area (Å²) in [6.45, 7) is 1.36. The molecule has 0 aromatic heterocycles. The van der Waals surface area contributed by atoms with E-state index in [9.17, 15) is 13.2 Å². The molecule has 2 N–H and O–H groups in total. The van der Waals surface area contributed by atoms with Crippen LogP contribution in [0.1, 0.15) is 6.92 Å². The Hall–Kier alpha value is -1.41. The summed E-state index contributed by atoms with van der Waals surface area (Å²) < 4.78 is 27.5. The van der Waals surface area contributed by atoms with Crippen LogP contribution in [0.25, 0.3) is 0 Å². The van der Waals surface area contributed by atoms with Gasteiger partial charge in [-0.1, -0.05) is 23.2 Å². The SMILES string of the molecule is CSc1ccc(S(=O)(=O)Nc2cc(Cl)ccc2Cl)cc1NC(C)=O. The van der Waals surface area contributed by atoms with Crippen LogP contribution >= 0.6 is 35.0 Å². The Kier molecular flexibility index (Phi) is 6.03. The average Bonchev–Trinajstić information content (AvgIpc) is 2.50. The smallest absolute Gasteiger partial charge is 0.262 e. The molecule has 0 atom stereocenters. The molecule has 0 aliphatic rings. The van der Waals surface area contributed by atoms with E-state index < -0.39 is 10.0 Å². The lowest BCUT2D eigenvalue weighted by atomic mass is 10.3. The molecular formula is C15H14Cl2N2O3S2. The molecule has 0 unspecified atom stereocenters. The average molecular weight is 405 g/mol. The molecule has 0 aliphatic heterocycles. The van der Waals surface area contributed by atoms with Crippen molar-refractivity contribution >= 4 is 62.3 Å². The van der Waals surface area contributed by atoms with E-state index in [2.05, 4.69) is 10.0 Å². The summed E-state index contributed by atoms with van der Waals surface area (Å²) >= 11 is 13.3. The Labute approximate surface area is 154 Å². The Morgan fingerprint density at radius 3 is 2.42 bits per heavy atom. The quantitative estimate of drug-likeness (QED) is 0.720. The maximum Gasteiger partial charge on any atom is 0.262 e. The highest BCUT2D eigenvalue weighted by molar-refractivity contribution is 7.98. The molecule has 0 radical (unpaired) electrons. The molecule has 9 heteroatoms. The lowest BCUT2D eigenvalue weighted by Crippen LogP contribution is -2.14. The summed E-state index contributed by atoms with van der Waals surface area (Å²) in [6, 6.07) is 8.97. The number of halogens is 2. The minimum atomic E-state index is -3.89. The first kappa shape index (κ1) is 18.9. The van der Waals surface area contributed by atoms with Crippen LogP contribution in [0.4, 0.5) is 11.4 Å². The first-order valence-electron chi connectivity index (χ1n) is 6.66. The highest BCUT2D eigenvalue weighted by Gasteiger charge is 2.18. The summed E-state index contributed by atoms with van der Waals surface area (Å²) in [5, 5.41) is 3.20. The normalized spacial score (nSPS) is 11.2. The number of rotatable bonds is 5. The van der Waals surface area contributed by atoms with E-state index in [1.165, 1.54) is 43.0 Å². The third kappa shape index (κ3) is 4.57. The Morgan fingerprint density at radius 1 is 1.08 bits per heavy atom. The predicted octanol–water partition coefficient (Wildman–Crippen LogP) is 4.47. The van der Waals surface area contributed by atoms with Gasteiger partial charge in [0, 0.05) is 16.8 Å². The molecule has 2 rings (SSSR count). The van der Waals surface area contributed by atoms with Crippen LogP contribution in [0, 0.1) is 0 Å². The minimum absolute atomic E-state index is 0.0000853. The second-order valence-electron chi connectivity index (χ2n) is 4.77. The molecule has 0 spiro atoms. The Balaban J connectivity index is 2.42. The number of carbonyl (C=O) groups excluding carboxylic acids is 1. The van der Waals surface area contributed by atoms with Gasteiger partial charge in [0.2, 0.25) is 5.91 Å². The van der Waals surface area contributed by atoms with Gasteiger partial charge in [-0.2, -0.15) is 0 Å². The Bertz CT molecular complexity index is 886. The third-order valence-corrected chi connectivity index (χ3v) is 5.69. The zero-order valence-electron chi connectivity index (χ0n) is 12.8. The van der Waals surface area contributed by atoms with Gasteiger partial charge in [0.1, 0.15) is 0 Å². The number of benzene rings is 2. The topological polar surface area (TPSA) is 75.3 Å². The van der Waals surface area contributed by atoms with Crippen LogP contribution in [-0.4, -0.2) is 20.6 Å². The van der Waals surface area contributed by atoms with Gasteiger partial charge >= 0.3 is 0 Å². The van der Waals surface area contributed by atoms with Crippen molar-refractivity contribution in [2.75, 3.05) is 16.3 Å². The zero-order valence-corrected chi connectivity index (χ0v) is 15.9. The van der Waals surface area contributed by atoms with Crippen molar-refractivity contribution in [1.82, 2.24) is 0 Å². The van der Waals surface area contributed by atoms with E-state index in [4.69, 9.17) is 23.2 Å². The second kappa shape index (κ2) is 7.65. The van der Waals surface area contributed by atoms with E-state index in [1.807, 2.05) is 6.26 Å². The van der Waals surface area contributed by atoms with Gasteiger partial charge in [-0.05, 0) is 42.7 Å². The van der Waals surface area contributed by atoms with Crippen molar-refractivity contribution in [3.63, 3.8) is 0 Å². The van der Waals surface area contributed by atoms with Crippen molar-refractivity contribution < 1.29 is 13.2 Å². The van der Waals surface area contributed by atoms with Crippen LogP contribution < -0.4 is 10.0 Å². The molecule has 0 bridgehead atoms. The number of carbonyl (C=O) groups is 1. The molecular weight excluding hydrogens is 391 g/mol. The number of amides is 1. The van der Waals surface area contributed by atoms with E-state index in [0.29, 0.717) is 10.7 Å². The third-order valence-electron chi connectivity index (χ3n) is 2.96. The summed E-state index contributed by atoms with van der Waals surface area (Å²) in [7, 11) is -3.89. The number of nitrogens with one attached hydrogen (secondary N) is 2. The fourth-order valence-electron chi connectivity index (χ4n) is 1.92. The van der Waals surface area contributed by atoms with Crippen LogP contribution in [0.15, 0.2) is 46.2 Å². The Morgan fingerprint density at radius 2 is 1.79 bits per heavy atom. The van der Waals surface area contributed by atoms with Crippen LogP contribution in [-0.2, 0) is 14.8 Å². The van der Waals surface area contributed by atoms with Gasteiger partial charge in [0.25, 0.3) is 10.0 Å². The molecule has 24 heavy (non-hydrogen) atoms. The molecule has 128 valence electrons. The lowest BCUT2D eigenvalue weighted by molar-refractivity contribution is -0.114. The van der Waals surface area contributed by atoms with Gasteiger partial charge in [-0.3, -0.25) is 9.52 Å². The predicted molar refractivity (Wildman–Crippen MR) is 99.8 cm³/mol. The van der Waals surface area contributed by atoms with Gasteiger partial charge in [0.15, 0.2) is 0 Å². The molecule has 0 saturated carbocycles. The highest BCUT2D eigenvalue weighted by Crippen LogP contribution is 2.31. The summed E-state index contributed by atoms with van der Waals surface area (Å²) in [4.78, 5) is 12.1. The van der Waals surface area contributed by atoms with Gasteiger partial charge in [0.05, 0.1) is 21.3 Å². The number of hydrogen-bond donors (Lipinski definition) is 2. The standard InChI is InChI=1S/C15H14Cl2N2O3S2/c1-9(20)18-14-8-11(4-6-15(14)23-2)24(21,22)19-13-7-10(16)3-5-12(13)17/h3-8,19H,1-2H3,(H,18,20). The van der Waals surface area contributed by atoms with Crippen molar-refractivity contribution in [1.29, 1.82) is 0 Å². The summed E-state index contributed by atoms with van der Waals surface area (Å²) in [5.74, 6) is -0.286. The molecule has 0 saturated heterocycles. The lowest BCUT2D eigenvalue weighted by Gasteiger charge is -2.13. The zero-order chi connectivity index (χ0) is 17.9. The van der Waals surface area contributed by atoms with Crippen LogP contribution in [0.2, 0.25) is 10.0 Å². The van der Waals surface area contributed by atoms with E-state index >= 15 is 0 Å².